The van der Waals surface area contributed by atoms with Crippen molar-refractivity contribution in [2.24, 2.45) is 0 Å². The summed E-state index contributed by atoms with van der Waals surface area (Å²) in [4.78, 5) is 35.5. The molecular weight excluding hydrogens is 374 g/mol. The second kappa shape index (κ2) is 10.3. The minimum Gasteiger partial charge on any atom is -0.482 e. The number of aryl methyl sites for hydroxylation is 2. The van der Waals surface area contributed by atoms with Crippen LogP contribution in [0, 0.1) is 13.8 Å². The van der Waals surface area contributed by atoms with Crippen molar-refractivity contribution in [1.82, 2.24) is 0 Å². The predicted molar refractivity (Wildman–Crippen MR) is 108 cm³/mol. The lowest BCUT2D eigenvalue weighted by atomic mass is 10.1. The Labute approximate surface area is 170 Å². The lowest BCUT2D eigenvalue weighted by molar-refractivity contribution is -0.149. The van der Waals surface area contributed by atoms with E-state index in [0.717, 1.165) is 11.1 Å². The lowest BCUT2D eigenvalue weighted by Crippen LogP contribution is -2.23. The van der Waals surface area contributed by atoms with Gasteiger partial charge in [0.1, 0.15) is 5.75 Å². The maximum Gasteiger partial charge on any atom is 0.344 e. The number of rotatable bonds is 8. The van der Waals surface area contributed by atoms with Gasteiger partial charge in [-0.2, -0.15) is 0 Å². The highest BCUT2D eigenvalue weighted by atomic mass is 16.6. The largest absolute Gasteiger partial charge is 0.482 e. The molecule has 1 N–H and O–H groups in total. The monoisotopic (exact) mass is 399 g/mol. The Kier molecular flexibility index (Phi) is 7.77. The molecule has 0 heterocycles. The SMILES string of the molecule is Cc1cc(C)cc(OCC(=O)OCC(=O)Nc2ccc(C(=O)OC(C)C)cc2)c1. The van der Waals surface area contributed by atoms with Crippen molar-refractivity contribution < 1.29 is 28.6 Å². The highest BCUT2D eigenvalue weighted by Gasteiger charge is 2.11. The highest BCUT2D eigenvalue weighted by molar-refractivity contribution is 5.94. The minimum atomic E-state index is -0.647. The van der Waals surface area contributed by atoms with Gasteiger partial charge in [0.2, 0.25) is 0 Å². The van der Waals surface area contributed by atoms with Crippen LogP contribution in [0.25, 0.3) is 0 Å². The third-order valence-corrected chi connectivity index (χ3v) is 3.66. The van der Waals surface area contributed by atoms with E-state index >= 15 is 0 Å². The number of nitrogens with one attached hydrogen (secondary N) is 1. The third-order valence-electron chi connectivity index (χ3n) is 3.66. The zero-order valence-corrected chi connectivity index (χ0v) is 17.0. The molecule has 0 aliphatic carbocycles. The van der Waals surface area contributed by atoms with Crippen molar-refractivity contribution >= 4 is 23.5 Å². The summed E-state index contributed by atoms with van der Waals surface area (Å²) in [5, 5.41) is 2.58. The van der Waals surface area contributed by atoms with Crippen LogP contribution in [0.15, 0.2) is 42.5 Å². The Hall–Kier alpha value is -3.35. The van der Waals surface area contributed by atoms with Gasteiger partial charge in [-0.05, 0) is 75.2 Å². The molecule has 154 valence electrons. The Morgan fingerprint density at radius 1 is 0.931 bits per heavy atom. The summed E-state index contributed by atoms with van der Waals surface area (Å²) in [6, 6.07) is 11.9. The Bertz CT molecular complexity index is 853. The smallest absolute Gasteiger partial charge is 0.344 e. The van der Waals surface area contributed by atoms with Gasteiger partial charge in [0.15, 0.2) is 13.2 Å². The van der Waals surface area contributed by atoms with E-state index in [0.29, 0.717) is 17.0 Å². The van der Waals surface area contributed by atoms with Gasteiger partial charge >= 0.3 is 11.9 Å². The first-order chi connectivity index (χ1) is 13.7. The maximum atomic E-state index is 11.9. The molecule has 0 unspecified atom stereocenters. The Morgan fingerprint density at radius 2 is 1.55 bits per heavy atom. The van der Waals surface area contributed by atoms with Crippen LogP contribution < -0.4 is 10.1 Å². The first-order valence-corrected chi connectivity index (χ1v) is 9.20. The van der Waals surface area contributed by atoms with Crippen molar-refractivity contribution in [1.29, 1.82) is 0 Å². The third kappa shape index (κ3) is 7.65. The molecule has 0 atom stereocenters. The molecule has 2 aromatic rings. The second-order valence-corrected chi connectivity index (χ2v) is 6.85. The van der Waals surface area contributed by atoms with E-state index in [1.165, 1.54) is 0 Å². The molecule has 0 radical (unpaired) electrons. The molecular formula is C22H25NO6. The first kappa shape index (κ1) is 21.9. The van der Waals surface area contributed by atoms with Crippen molar-refractivity contribution in [2.75, 3.05) is 18.5 Å². The van der Waals surface area contributed by atoms with Gasteiger partial charge in [0, 0.05) is 5.69 Å². The van der Waals surface area contributed by atoms with Crippen molar-refractivity contribution in [3.05, 3.63) is 59.2 Å². The van der Waals surface area contributed by atoms with E-state index in [2.05, 4.69) is 5.32 Å². The fourth-order valence-electron chi connectivity index (χ4n) is 2.52. The summed E-state index contributed by atoms with van der Waals surface area (Å²) in [5.74, 6) is -1.01. The van der Waals surface area contributed by atoms with Gasteiger partial charge in [-0.25, -0.2) is 9.59 Å². The number of anilines is 1. The molecule has 0 spiro atoms. The number of amides is 1. The van der Waals surface area contributed by atoms with Crippen LogP contribution in [0.3, 0.4) is 0 Å². The minimum absolute atomic E-state index is 0.213. The van der Waals surface area contributed by atoms with Crippen LogP contribution in [-0.2, 0) is 19.1 Å². The van der Waals surface area contributed by atoms with Crippen molar-refractivity contribution in [2.45, 2.75) is 33.8 Å². The van der Waals surface area contributed by atoms with Gasteiger partial charge < -0.3 is 19.5 Å². The van der Waals surface area contributed by atoms with Crippen LogP contribution >= 0.6 is 0 Å². The summed E-state index contributed by atoms with van der Waals surface area (Å²) in [5.41, 5.74) is 2.90. The zero-order valence-electron chi connectivity index (χ0n) is 17.0. The summed E-state index contributed by atoms with van der Waals surface area (Å²) in [6.07, 6.45) is -0.213. The molecule has 1 amide bonds. The predicted octanol–water partition coefficient (Wildman–Crippen LogP) is 3.43. The van der Waals surface area contributed by atoms with E-state index < -0.39 is 24.5 Å². The van der Waals surface area contributed by atoms with E-state index in [1.54, 1.807) is 38.1 Å². The van der Waals surface area contributed by atoms with E-state index in [9.17, 15) is 14.4 Å². The van der Waals surface area contributed by atoms with Crippen molar-refractivity contribution in [3.63, 3.8) is 0 Å². The number of carbonyl (C=O) groups excluding carboxylic acids is 3. The maximum absolute atomic E-state index is 11.9. The molecule has 0 saturated heterocycles. The topological polar surface area (TPSA) is 90.9 Å². The summed E-state index contributed by atoms with van der Waals surface area (Å²) in [7, 11) is 0. The lowest BCUT2D eigenvalue weighted by Gasteiger charge is -2.10. The molecule has 0 aromatic heterocycles. The first-order valence-electron chi connectivity index (χ1n) is 9.20. The van der Waals surface area contributed by atoms with Crippen LogP contribution in [0.1, 0.15) is 35.3 Å². The molecule has 2 rings (SSSR count). The molecule has 7 heteroatoms. The molecule has 0 aliphatic heterocycles. The van der Waals surface area contributed by atoms with Crippen molar-refractivity contribution in [3.8, 4) is 5.75 Å². The van der Waals surface area contributed by atoms with Gasteiger partial charge in [-0.3, -0.25) is 4.79 Å². The fourth-order valence-corrected chi connectivity index (χ4v) is 2.52. The number of esters is 2. The van der Waals surface area contributed by atoms with Crippen LogP contribution in [-0.4, -0.2) is 37.2 Å². The van der Waals surface area contributed by atoms with Gasteiger partial charge in [0.25, 0.3) is 5.91 Å². The molecule has 7 nitrogen and oxygen atoms in total. The fraction of sp³-hybridized carbons (Fsp3) is 0.318. The molecule has 0 saturated carbocycles. The number of carbonyl (C=O) groups is 3. The van der Waals surface area contributed by atoms with E-state index in [4.69, 9.17) is 14.2 Å². The molecule has 29 heavy (non-hydrogen) atoms. The quantitative estimate of drug-likeness (QED) is 0.684. The highest BCUT2D eigenvalue weighted by Crippen LogP contribution is 2.16. The van der Waals surface area contributed by atoms with Gasteiger partial charge in [0.05, 0.1) is 11.7 Å². The Balaban J connectivity index is 1.76. The molecule has 2 aromatic carbocycles. The number of hydrogen-bond acceptors (Lipinski definition) is 6. The number of hydrogen-bond donors (Lipinski definition) is 1. The van der Waals surface area contributed by atoms with Crippen LogP contribution in [0.2, 0.25) is 0 Å². The molecule has 0 aliphatic rings. The van der Waals surface area contributed by atoms with Crippen LogP contribution in [0.4, 0.5) is 5.69 Å². The van der Waals surface area contributed by atoms with E-state index in [1.807, 2.05) is 32.0 Å². The number of benzene rings is 2. The summed E-state index contributed by atoms with van der Waals surface area (Å²) < 4.78 is 15.4. The average molecular weight is 399 g/mol. The standard InChI is InChI=1S/C22H25NO6/c1-14(2)29-22(26)17-5-7-18(8-6-17)23-20(24)12-28-21(25)13-27-19-10-15(3)9-16(4)11-19/h5-11,14H,12-13H2,1-4H3,(H,23,24). The molecule has 0 fully saturated rings. The number of ether oxygens (including phenoxy) is 3. The van der Waals surface area contributed by atoms with E-state index in [-0.39, 0.29) is 12.7 Å². The van der Waals surface area contributed by atoms with Gasteiger partial charge in [-0.1, -0.05) is 6.07 Å². The second-order valence-electron chi connectivity index (χ2n) is 6.85. The normalized spacial score (nSPS) is 10.4. The van der Waals surface area contributed by atoms with Gasteiger partial charge in [-0.15, -0.1) is 0 Å². The zero-order chi connectivity index (χ0) is 21.4. The average Bonchev–Trinajstić information content (AvgIpc) is 2.64. The summed E-state index contributed by atoms with van der Waals surface area (Å²) >= 11 is 0. The summed E-state index contributed by atoms with van der Waals surface area (Å²) in [6.45, 7) is 6.67. The van der Waals surface area contributed by atoms with Crippen LogP contribution in [0.5, 0.6) is 5.75 Å². The Morgan fingerprint density at radius 3 is 2.14 bits per heavy atom. The molecule has 0 bridgehead atoms.